The van der Waals surface area contributed by atoms with Gasteiger partial charge in [0.1, 0.15) is 11.9 Å². The Morgan fingerprint density at radius 2 is 1.82 bits per heavy atom. The summed E-state index contributed by atoms with van der Waals surface area (Å²) in [6, 6.07) is 15.4. The Balaban J connectivity index is 1.59. The van der Waals surface area contributed by atoms with Crippen molar-refractivity contribution >= 4 is 16.6 Å². The second-order valence-corrected chi connectivity index (χ2v) is 9.15. The van der Waals surface area contributed by atoms with E-state index in [1.807, 2.05) is 37.6 Å². The minimum Gasteiger partial charge on any atom is -0.370 e. The van der Waals surface area contributed by atoms with E-state index in [2.05, 4.69) is 41.1 Å². The van der Waals surface area contributed by atoms with Crippen molar-refractivity contribution in [1.29, 1.82) is 5.26 Å². The van der Waals surface area contributed by atoms with Crippen LogP contribution in [0.4, 0.5) is 10.1 Å². The third-order valence-corrected chi connectivity index (χ3v) is 6.73. The Hall–Kier alpha value is -3.76. The Morgan fingerprint density at radius 3 is 2.53 bits per heavy atom. The first-order valence-corrected chi connectivity index (χ1v) is 11.5. The van der Waals surface area contributed by atoms with Crippen molar-refractivity contribution in [2.75, 3.05) is 32.1 Å². The van der Waals surface area contributed by atoms with Crippen molar-refractivity contribution in [3.63, 3.8) is 0 Å². The number of piperidine rings is 1. The van der Waals surface area contributed by atoms with Gasteiger partial charge < -0.3 is 9.80 Å². The fourth-order valence-corrected chi connectivity index (χ4v) is 4.79. The molecular weight excluding hydrogens is 427 g/mol. The summed E-state index contributed by atoms with van der Waals surface area (Å²) in [5.74, 6) is -0.522. The molecule has 1 fully saturated rings. The van der Waals surface area contributed by atoms with Crippen LogP contribution >= 0.6 is 0 Å². The van der Waals surface area contributed by atoms with Crippen LogP contribution < -0.4 is 4.90 Å². The van der Waals surface area contributed by atoms with Crippen molar-refractivity contribution in [2.45, 2.75) is 18.9 Å². The number of nitriles is 1. The molecule has 1 saturated heterocycles. The van der Waals surface area contributed by atoms with Crippen LogP contribution in [-0.4, -0.2) is 52.9 Å². The average Bonchev–Trinajstić information content (AvgIpc) is 3.23. The number of benzene rings is 2. The number of hydrogen-bond acceptors (Lipinski definition) is 5. The third-order valence-electron chi connectivity index (χ3n) is 6.73. The van der Waals surface area contributed by atoms with Crippen LogP contribution in [0.25, 0.3) is 33.3 Å². The number of hydrogen-bond donors (Lipinski definition) is 0. The SMILES string of the molecule is CN(C)C1CCN(c2cnc(-c3ccc4nn(C)cc4c3)c(-c3ccc(C#N)c(F)c3)c2)CC1. The molecule has 0 atom stereocenters. The van der Waals surface area contributed by atoms with E-state index in [4.69, 9.17) is 10.2 Å². The highest BCUT2D eigenvalue weighted by molar-refractivity contribution is 5.89. The molecule has 34 heavy (non-hydrogen) atoms. The fourth-order valence-electron chi connectivity index (χ4n) is 4.79. The summed E-state index contributed by atoms with van der Waals surface area (Å²) in [6.07, 6.45) is 6.08. The minimum absolute atomic E-state index is 0.0388. The van der Waals surface area contributed by atoms with Gasteiger partial charge in [0.2, 0.25) is 0 Å². The molecule has 2 aromatic carbocycles. The van der Waals surface area contributed by atoms with E-state index in [1.165, 1.54) is 12.1 Å². The molecule has 2 aromatic heterocycles. The predicted octanol–water partition coefficient (Wildman–Crippen LogP) is 4.84. The van der Waals surface area contributed by atoms with Gasteiger partial charge in [0.15, 0.2) is 0 Å². The summed E-state index contributed by atoms with van der Waals surface area (Å²) >= 11 is 0. The van der Waals surface area contributed by atoms with E-state index in [0.717, 1.165) is 59.3 Å². The molecule has 0 unspecified atom stereocenters. The average molecular weight is 455 g/mol. The van der Waals surface area contributed by atoms with Crippen LogP contribution in [0.1, 0.15) is 18.4 Å². The maximum absolute atomic E-state index is 14.6. The third kappa shape index (κ3) is 4.13. The zero-order chi connectivity index (χ0) is 23.8. The molecule has 0 amide bonds. The van der Waals surface area contributed by atoms with Crippen molar-refractivity contribution in [3.05, 3.63) is 66.2 Å². The highest BCUT2D eigenvalue weighted by atomic mass is 19.1. The fraction of sp³-hybridized carbons (Fsp3) is 0.296. The first-order chi connectivity index (χ1) is 16.4. The Morgan fingerprint density at radius 1 is 1.06 bits per heavy atom. The summed E-state index contributed by atoms with van der Waals surface area (Å²) in [6.45, 7) is 1.90. The molecule has 0 radical (unpaired) electrons. The molecule has 0 N–H and O–H groups in total. The van der Waals surface area contributed by atoms with Crippen LogP contribution in [0.15, 0.2) is 54.9 Å². The van der Waals surface area contributed by atoms with E-state index >= 15 is 0 Å². The summed E-state index contributed by atoms with van der Waals surface area (Å²) in [7, 11) is 6.16. The zero-order valence-electron chi connectivity index (χ0n) is 19.7. The Bertz CT molecular complexity index is 1390. The number of halogens is 1. The van der Waals surface area contributed by atoms with E-state index in [1.54, 1.807) is 10.7 Å². The molecule has 0 aliphatic carbocycles. The van der Waals surface area contributed by atoms with Crippen LogP contribution in [-0.2, 0) is 7.05 Å². The summed E-state index contributed by atoms with van der Waals surface area (Å²) < 4.78 is 16.4. The first kappa shape index (κ1) is 22.1. The molecule has 172 valence electrons. The Labute approximate surface area is 198 Å². The van der Waals surface area contributed by atoms with E-state index in [-0.39, 0.29) is 5.56 Å². The lowest BCUT2D eigenvalue weighted by Crippen LogP contribution is -2.42. The lowest BCUT2D eigenvalue weighted by atomic mass is 9.96. The molecular formula is C27H27FN6. The molecule has 0 spiro atoms. The van der Waals surface area contributed by atoms with E-state index in [9.17, 15) is 4.39 Å². The van der Waals surface area contributed by atoms with Gasteiger partial charge >= 0.3 is 0 Å². The molecule has 0 saturated carbocycles. The van der Waals surface area contributed by atoms with Gasteiger partial charge in [0, 0.05) is 48.9 Å². The topological polar surface area (TPSA) is 61.0 Å². The number of fused-ring (bicyclic) bond motifs is 1. The van der Waals surface area contributed by atoms with Crippen molar-refractivity contribution in [1.82, 2.24) is 19.7 Å². The normalized spacial score (nSPS) is 14.6. The first-order valence-electron chi connectivity index (χ1n) is 11.5. The van der Waals surface area contributed by atoms with Gasteiger partial charge in [0.05, 0.1) is 28.7 Å². The number of pyridine rings is 1. The van der Waals surface area contributed by atoms with Crippen molar-refractivity contribution < 1.29 is 4.39 Å². The van der Waals surface area contributed by atoms with Gasteiger partial charge in [-0.2, -0.15) is 10.4 Å². The Kier molecular flexibility index (Phi) is 5.76. The molecule has 4 aromatic rings. The summed E-state index contributed by atoms with van der Waals surface area (Å²) in [5, 5.41) is 14.7. The van der Waals surface area contributed by atoms with Crippen LogP contribution in [0.2, 0.25) is 0 Å². The molecule has 5 rings (SSSR count). The monoisotopic (exact) mass is 454 g/mol. The largest absolute Gasteiger partial charge is 0.370 e. The molecule has 6 nitrogen and oxygen atoms in total. The lowest BCUT2D eigenvalue weighted by molar-refractivity contribution is 0.249. The van der Waals surface area contributed by atoms with Gasteiger partial charge in [-0.15, -0.1) is 0 Å². The van der Waals surface area contributed by atoms with Crippen molar-refractivity contribution in [2.24, 2.45) is 7.05 Å². The van der Waals surface area contributed by atoms with Gasteiger partial charge in [0.25, 0.3) is 0 Å². The number of aromatic nitrogens is 3. The second-order valence-electron chi connectivity index (χ2n) is 9.15. The lowest BCUT2D eigenvalue weighted by Gasteiger charge is -2.36. The standard InChI is InChI=1S/C27H27FN6/c1-32(2)22-8-10-34(11-9-22)23-14-24(18-4-5-20(15-29)25(28)13-18)27(30-16-23)19-6-7-26-21(12-19)17-33(3)31-26/h4-7,12-14,16-17,22H,8-11H2,1-3H3. The predicted molar refractivity (Wildman–Crippen MR) is 133 cm³/mol. The minimum atomic E-state index is -0.522. The van der Waals surface area contributed by atoms with Gasteiger partial charge in [-0.05, 0) is 62.8 Å². The molecule has 0 bridgehead atoms. The number of rotatable bonds is 4. The molecule has 1 aliphatic heterocycles. The quantitative estimate of drug-likeness (QED) is 0.441. The van der Waals surface area contributed by atoms with Crippen LogP contribution in [0.3, 0.4) is 0 Å². The highest BCUT2D eigenvalue weighted by Gasteiger charge is 2.22. The molecule has 1 aliphatic rings. The van der Waals surface area contributed by atoms with Crippen LogP contribution in [0.5, 0.6) is 0 Å². The van der Waals surface area contributed by atoms with Crippen LogP contribution in [0, 0.1) is 17.1 Å². The second kappa shape index (κ2) is 8.88. The van der Waals surface area contributed by atoms with E-state index in [0.29, 0.717) is 11.6 Å². The smallest absolute Gasteiger partial charge is 0.141 e. The maximum atomic E-state index is 14.6. The summed E-state index contributed by atoms with van der Waals surface area (Å²) in [5.41, 5.74) is 5.26. The maximum Gasteiger partial charge on any atom is 0.141 e. The zero-order valence-corrected chi connectivity index (χ0v) is 19.7. The van der Waals surface area contributed by atoms with Gasteiger partial charge in [-0.3, -0.25) is 9.67 Å². The van der Waals surface area contributed by atoms with E-state index < -0.39 is 5.82 Å². The number of nitrogens with zero attached hydrogens (tertiary/aromatic N) is 6. The number of anilines is 1. The molecule has 3 heterocycles. The number of aryl methyl sites for hydroxylation is 1. The molecule has 7 heteroatoms. The van der Waals surface area contributed by atoms with Gasteiger partial charge in [-0.25, -0.2) is 4.39 Å². The van der Waals surface area contributed by atoms with Gasteiger partial charge in [-0.1, -0.05) is 12.1 Å². The summed E-state index contributed by atoms with van der Waals surface area (Å²) in [4.78, 5) is 9.52. The highest BCUT2D eigenvalue weighted by Crippen LogP contribution is 2.36. The van der Waals surface area contributed by atoms with Crippen molar-refractivity contribution in [3.8, 4) is 28.5 Å².